The Morgan fingerprint density at radius 2 is 1.60 bits per heavy atom. The lowest BCUT2D eigenvalue weighted by atomic mass is 9.62. The number of rotatable bonds is 2. The minimum atomic E-state index is -0.198. The molecule has 1 aromatic rings. The highest BCUT2D eigenvalue weighted by Gasteiger charge is 2.52. The molecule has 4 heterocycles. The highest BCUT2D eigenvalue weighted by atomic mass is 16.7. The molecule has 5 nitrogen and oxygen atoms in total. The van der Waals surface area contributed by atoms with Crippen LogP contribution in [-0.4, -0.2) is 43.5 Å². The zero-order valence-electron chi connectivity index (χ0n) is 18.1. The predicted molar refractivity (Wildman–Crippen MR) is 118 cm³/mol. The maximum Gasteiger partial charge on any atom is 0.257 e. The summed E-state index contributed by atoms with van der Waals surface area (Å²) in [6, 6.07) is 9.03. The van der Waals surface area contributed by atoms with Crippen LogP contribution >= 0.6 is 0 Å². The fraction of sp³-hybridized carbons (Fsp3) is 0.760. The molecule has 0 aromatic heterocycles. The summed E-state index contributed by atoms with van der Waals surface area (Å²) in [5.41, 5.74) is 0.716. The molecule has 3 N–H and O–H groups in total. The summed E-state index contributed by atoms with van der Waals surface area (Å²) in [5, 5.41) is 11.7. The van der Waals surface area contributed by atoms with Crippen LogP contribution in [0.4, 0.5) is 0 Å². The lowest BCUT2D eigenvalue weighted by molar-refractivity contribution is -0.0703. The minimum Gasteiger partial charge on any atom is -0.449 e. The zero-order chi connectivity index (χ0) is 20.0. The monoisotopic (exact) mass is 411 g/mol. The van der Waals surface area contributed by atoms with Crippen LogP contribution in [0.5, 0.6) is 11.5 Å². The lowest BCUT2D eigenvalue weighted by Gasteiger charge is -2.53. The van der Waals surface area contributed by atoms with E-state index in [1.54, 1.807) is 0 Å². The van der Waals surface area contributed by atoms with E-state index in [1.165, 1.54) is 70.8 Å². The SMILES string of the molecule is c1ccc2c(c1)OC(C1NCCCC13CCNC(C1CCCC4(CCCN4)C1)C3)O2. The summed E-state index contributed by atoms with van der Waals surface area (Å²) in [5.74, 6) is 2.60. The topological polar surface area (TPSA) is 54.5 Å². The Labute approximate surface area is 180 Å². The van der Waals surface area contributed by atoms with Crippen LogP contribution in [0.3, 0.4) is 0 Å². The van der Waals surface area contributed by atoms with Gasteiger partial charge in [-0.25, -0.2) is 0 Å². The average molecular weight is 412 g/mol. The Morgan fingerprint density at radius 1 is 0.800 bits per heavy atom. The second-order valence-electron chi connectivity index (χ2n) is 10.6. The number of ether oxygens (including phenoxy) is 2. The van der Waals surface area contributed by atoms with Gasteiger partial charge in [-0.15, -0.1) is 0 Å². The molecule has 3 saturated heterocycles. The van der Waals surface area contributed by atoms with Gasteiger partial charge in [-0.2, -0.15) is 0 Å². The molecule has 6 rings (SSSR count). The first-order valence-corrected chi connectivity index (χ1v) is 12.4. The summed E-state index contributed by atoms with van der Waals surface area (Å²) in [6.45, 7) is 3.41. The molecule has 4 aliphatic heterocycles. The van der Waals surface area contributed by atoms with Crippen LogP contribution in [-0.2, 0) is 0 Å². The van der Waals surface area contributed by atoms with E-state index in [-0.39, 0.29) is 17.7 Å². The number of nitrogens with one attached hydrogen (secondary N) is 3. The van der Waals surface area contributed by atoms with Crippen molar-refractivity contribution in [2.75, 3.05) is 19.6 Å². The fourth-order valence-electron chi connectivity index (χ4n) is 7.48. The van der Waals surface area contributed by atoms with Gasteiger partial charge in [0.15, 0.2) is 11.5 Å². The predicted octanol–water partition coefficient (Wildman–Crippen LogP) is 3.59. The van der Waals surface area contributed by atoms with E-state index in [0.717, 1.165) is 30.5 Å². The standard InChI is InChI=1S/C25H37N3O2/c1-2-8-21-20(7-1)29-23(30-21)22-24(9-4-13-27-22)12-15-26-19(17-24)18-6-3-10-25(16-18)11-5-14-28-25/h1-2,7-8,18-19,22-23,26-28H,3-6,9-17H2. The van der Waals surface area contributed by atoms with Crippen LogP contribution in [0.25, 0.3) is 0 Å². The third-order valence-electron chi connectivity index (χ3n) is 8.92. The van der Waals surface area contributed by atoms with Crippen molar-refractivity contribution in [2.24, 2.45) is 11.3 Å². The maximum atomic E-state index is 6.32. The molecule has 1 aromatic carbocycles. The number of benzene rings is 1. The lowest BCUT2D eigenvalue weighted by Crippen LogP contribution is -2.63. The molecule has 4 fully saturated rings. The molecule has 5 unspecified atom stereocenters. The van der Waals surface area contributed by atoms with Gasteiger partial charge in [0, 0.05) is 11.6 Å². The molecule has 30 heavy (non-hydrogen) atoms. The Balaban J connectivity index is 1.20. The van der Waals surface area contributed by atoms with Crippen LogP contribution in [0.1, 0.15) is 64.2 Å². The second kappa shape index (κ2) is 7.68. The van der Waals surface area contributed by atoms with Gasteiger partial charge >= 0.3 is 0 Å². The van der Waals surface area contributed by atoms with Crippen LogP contribution in [0.15, 0.2) is 24.3 Å². The van der Waals surface area contributed by atoms with Gasteiger partial charge in [-0.3, -0.25) is 0 Å². The maximum absolute atomic E-state index is 6.32. The zero-order valence-corrected chi connectivity index (χ0v) is 18.1. The van der Waals surface area contributed by atoms with Crippen molar-refractivity contribution in [1.29, 1.82) is 0 Å². The molecule has 0 amide bonds. The molecule has 0 radical (unpaired) electrons. The van der Waals surface area contributed by atoms with Crippen molar-refractivity contribution in [3.8, 4) is 11.5 Å². The Bertz CT molecular complexity index is 736. The minimum absolute atomic E-state index is 0.198. The highest BCUT2D eigenvalue weighted by Crippen LogP contribution is 2.49. The normalized spacial score (nSPS) is 41.5. The van der Waals surface area contributed by atoms with E-state index in [2.05, 4.69) is 16.0 Å². The fourth-order valence-corrected chi connectivity index (χ4v) is 7.48. The number of fused-ring (bicyclic) bond motifs is 1. The van der Waals surface area contributed by atoms with Gasteiger partial charge in [0.05, 0.1) is 6.04 Å². The van der Waals surface area contributed by atoms with Crippen LogP contribution in [0.2, 0.25) is 0 Å². The molecule has 0 bridgehead atoms. The summed E-state index contributed by atoms with van der Waals surface area (Å²) in [7, 11) is 0. The highest BCUT2D eigenvalue weighted by molar-refractivity contribution is 5.42. The number of hydrogen-bond acceptors (Lipinski definition) is 5. The quantitative estimate of drug-likeness (QED) is 0.694. The smallest absolute Gasteiger partial charge is 0.257 e. The molecule has 5 heteroatoms. The third-order valence-corrected chi connectivity index (χ3v) is 8.92. The van der Waals surface area contributed by atoms with Gasteiger partial charge < -0.3 is 25.4 Å². The third kappa shape index (κ3) is 3.34. The molecule has 5 aliphatic rings. The molecule has 1 aliphatic carbocycles. The van der Waals surface area contributed by atoms with E-state index in [4.69, 9.17) is 9.47 Å². The van der Waals surface area contributed by atoms with E-state index in [9.17, 15) is 0 Å². The summed E-state index contributed by atoms with van der Waals surface area (Å²) >= 11 is 0. The van der Waals surface area contributed by atoms with Gasteiger partial charge in [-0.1, -0.05) is 18.6 Å². The van der Waals surface area contributed by atoms with Gasteiger partial charge in [0.1, 0.15) is 0 Å². The molecule has 164 valence electrons. The van der Waals surface area contributed by atoms with Crippen molar-refractivity contribution in [3.05, 3.63) is 24.3 Å². The molecule has 1 saturated carbocycles. The molecular weight excluding hydrogens is 374 g/mol. The summed E-state index contributed by atoms with van der Waals surface area (Å²) in [4.78, 5) is 0. The largest absolute Gasteiger partial charge is 0.449 e. The Morgan fingerprint density at radius 3 is 2.40 bits per heavy atom. The first kappa shape index (κ1) is 19.4. The Hall–Kier alpha value is -1.30. The van der Waals surface area contributed by atoms with Crippen LogP contribution < -0.4 is 25.4 Å². The number of piperidine rings is 2. The summed E-state index contributed by atoms with van der Waals surface area (Å²) < 4.78 is 12.6. The first-order chi connectivity index (χ1) is 14.8. The van der Waals surface area contributed by atoms with Gasteiger partial charge in [0.2, 0.25) is 0 Å². The summed E-state index contributed by atoms with van der Waals surface area (Å²) in [6.07, 6.45) is 13.1. The molecule has 5 atom stereocenters. The molecular formula is C25H37N3O2. The average Bonchev–Trinajstić information content (AvgIpc) is 3.41. The van der Waals surface area contributed by atoms with E-state index >= 15 is 0 Å². The number of hydrogen-bond donors (Lipinski definition) is 3. The number of para-hydroxylation sites is 2. The van der Waals surface area contributed by atoms with Crippen molar-refractivity contribution < 1.29 is 9.47 Å². The van der Waals surface area contributed by atoms with Gasteiger partial charge in [0.25, 0.3) is 6.29 Å². The van der Waals surface area contributed by atoms with E-state index in [0.29, 0.717) is 11.6 Å². The Kier molecular flexibility index (Phi) is 4.97. The van der Waals surface area contributed by atoms with Crippen molar-refractivity contribution in [3.63, 3.8) is 0 Å². The second-order valence-corrected chi connectivity index (χ2v) is 10.6. The van der Waals surface area contributed by atoms with Crippen LogP contribution in [0, 0.1) is 11.3 Å². The van der Waals surface area contributed by atoms with Crippen molar-refractivity contribution in [2.45, 2.75) is 88.1 Å². The van der Waals surface area contributed by atoms with E-state index < -0.39 is 0 Å². The van der Waals surface area contributed by atoms with Crippen molar-refractivity contribution in [1.82, 2.24) is 16.0 Å². The van der Waals surface area contributed by atoms with E-state index in [1.807, 2.05) is 24.3 Å². The molecule has 2 spiro atoms. The van der Waals surface area contributed by atoms with Gasteiger partial charge in [-0.05, 0) is 101 Å². The first-order valence-electron chi connectivity index (χ1n) is 12.4. The van der Waals surface area contributed by atoms with Crippen molar-refractivity contribution >= 4 is 0 Å².